The quantitative estimate of drug-likeness (QED) is 0.641. The number of ketones is 1. The van der Waals surface area contributed by atoms with Gasteiger partial charge in [0.15, 0.2) is 5.78 Å². The van der Waals surface area contributed by atoms with Gasteiger partial charge in [-0.25, -0.2) is 4.79 Å². The van der Waals surface area contributed by atoms with Crippen LogP contribution in [0, 0.1) is 5.92 Å². The molecule has 0 saturated carbocycles. The summed E-state index contributed by atoms with van der Waals surface area (Å²) in [6.07, 6.45) is 2.99. The number of unbranched alkanes of at least 4 members (excludes halogenated alkanes) is 1. The van der Waals surface area contributed by atoms with Crippen molar-refractivity contribution in [3.63, 3.8) is 0 Å². The highest BCUT2D eigenvalue weighted by Gasteiger charge is 2.40. The number of Topliss-reactive ketones (excluding diaryl/α,β-unsaturated/α-hetero) is 1. The SMILES string of the molecule is CC(=O)C(CCCCC1COC(C)(C(=O)O)OC1)NC(=O)c1ccccc1. The first-order valence-electron chi connectivity index (χ1n) is 9.19. The van der Waals surface area contributed by atoms with Gasteiger partial charge in [-0.05, 0) is 31.9 Å². The van der Waals surface area contributed by atoms with Gasteiger partial charge in [0, 0.05) is 18.4 Å². The highest BCUT2D eigenvalue weighted by Crippen LogP contribution is 2.24. The summed E-state index contributed by atoms with van der Waals surface area (Å²) in [6, 6.07) is 8.30. The van der Waals surface area contributed by atoms with Crippen LogP contribution in [0.3, 0.4) is 0 Å². The molecule has 0 aromatic heterocycles. The number of carbonyl (C=O) groups is 3. The number of hydrogen-bond donors (Lipinski definition) is 2. The Hall–Kier alpha value is -2.25. The third-order valence-electron chi connectivity index (χ3n) is 4.76. The standard InChI is InChI=1S/C20H27NO6/c1-14(22)17(21-18(23)16-9-4-3-5-10-16)11-7-6-8-15-12-26-20(2,19(24)25)27-13-15/h3-5,9-10,15,17H,6-8,11-13H2,1-2H3,(H,21,23)(H,24,25). The molecule has 1 atom stereocenters. The summed E-state index contributed by atoms with van der Waals surface area (Å²) in [5.41, 5.74) is 0.529. The molecule has 7 heteroatoms. The summed E-state index contributed by atoms with van der Waals surface area (Å²) < 4.78 is 10.6. The zero-order valence-electron chi connectivity index (χ0n) is 15.8. The lowest BCUT2D eigenvalue weighted by Crippen LogP contribution is -2.47. The average molecular weight is 377 g/mol. The van der Waals surface area contributed by atoms with Crippen LogP contribution in [0.2, 0.25) is 0 Å². The van der Waals surface area contributed by atoms with Crippen molar-refractivity contribution in [2.24, 2.45) is 5.92 Å². The molecule has 1 aliphatic rings. The van der Waals surface area contributed by atoms with Gasteiger partial charge >= 0.3 is 5.97 Å². The number of aliphatic carboxylic acids is 1. The van der Waals surface area contributed by atoms with Crippen molar-refractivity contribution in [1.82, 2.24) is 5.32 Å². The second-order valence-electron chi connectivity index (χ2n) is 7.03. The molecule has 2 rings (SSSR count). The number of carbonyl (C=O) groups excluding carboxylic acids is 2. The zero-order valence-corrected chi connectivity index (χ0v) is 15.8. The third-order valence-corrected chi connectivity index (χ3v) is 4.76. The predicted octanol–water partition coefficient (Wildman–Crippen LogP) is 2.40. The van der Waals surface area contributed by atoms with Crippen LogP contribution in [-0.4, -0.2) is 47.8 Å². The maximum absolute atomic E-state index is 12.2. The Kier molecular flexibility index (Phi) is 7.50. The molecule has 7 nitrogen and oxygen atoms in total. The van der Waals surface area contributed by atoms with E-state index in [1.54, 1.807) is 24.3 Å². The van der Waals surface area contributed by atoms with E-state index in [9.17, 15) is 14.4 Å². The largest absolute Gasteiger partial charge is 0.477 e. The molecule has 1 heterocycles. The molecule has 1 saturated heterocycles. The fraction of sp³-hybridized carbons (Fsp3) is 0.550. The second kappa shape index (κ2) is 9.62. The van der Waals surface area contributed by atoms with Crippen LogP contribution in [0.25, 0.3) is 0 Å². The molecular formula is C20H27NO6. The minimum absolute atomic E-state index is 0.0687. The fourth-order valence-electron chi connectivity index (χ4n) is 2.92. The molecule has 0 spiro atoms. The molecule has 0 radical (unpaired) electrons. The maximum Gasteiger partial charge on any atom is 0.364 e. The minimum Gasteiger partial charge on any atom is -0.477 e. The van der Waals surface area contributed by atoms with Gasteiger partial charge in [-0.2, -0.15) is 0 Å². The molecule has 1 unspecified atom stereocenters. The predicted molar refractivity (Wildman–Crippen MR) is 98.3 cm³/mol. The number of hydrogen-bond acceptors (Lipinski definition) is 5. The Morgan fingerprint density at radius 1 is 1.19 bits per heavy atom. The molecule has 1 aliphatic heterocycles. The van der Waals surface area contributed by atoms with Gasteiger partial charge in [0.05, 0.1) is 19.3 Å². The highest BCUT2D eigenvalue weighted by molar-refractivity contribution is 5.97. The van der Waals surface area contributed by atoms with Gasteiger partial charge in [-0.3, -0.25) is 9.59 Å². The summed E-state index contributed by atoms with van der Waals surface area (Å²) in [5.74, 6) is -2.87. The monoisotopic (exact) mass is 377 g/mol. The van der Waals surface area contributed by atoms with E-state index in [0.717, 1.165) is 19.3 Å². The van der Waals surface area contributed by atoms with E-state index in [1.807, 2.05) is 6.07 Å². The average Bonchev–Trinajstić information content (AvgIpc) is 2.66. The van der Waals surface area contributed by atoms with Crippen molar-refractivity contribution in [1.29, 1.82) is 0 Å². The van der Waals surface area contributed by atoms with Crippen molar-refractivity contribution in [2.75, 3.05) is 13.2 Å². The molecule has 1 fully saturated rings. The molecule has 1 aromatic carbocycles. The van der Waals surface area contributed by atoms with Crippen molar-refractivity contribution in [3.8, 4) is 0 Å². The molecule has 0 bridgehead atoms. The van der Waals surface area contributed by atoms with Gasteiger partial charge < -0.3 is 19.9 Å². The molecule has 1 amide bonds. The van der Waals surface area contributed by atoms with E-state index < -0.39 is 17.8 Å². The smallest absolute Gasteiger partial charge is 0.364 e. The third kappa shape index (κ3) is 6.15. The molecule has 148 valence electrons. The number of benzene rings is 1. The van der Waals surface area contributed by atoms with Crippen molar-refractivity contribution >= 4 is 17.7 Å². The fourth-order valence-corrected chi connectivity index (χ4v) is 2.92. The van der Waals surface area contributed by atoms with E-state index in [1.165, 1.54) is 13.8 Å². The summed E-state index contributed by atoms with van der Waals surface area (Å²) in [4.78, 5) is 35.1. The van der Waals surface area contributed by atoms with Gasteiger partial charge in [0.2, 0.25) is 0 Å². The van der Waals surface area contributed by atoms with E-state index in [4.69, 9.17) is 14.6 Å². The highest BCUT2D eigenvalue weighted by atomic mass is 16.7. The maximum atomic E-state index is 12.2. The number of carboxylic acids is 1. The molecule has 0 aliphatic carbocycles. The molecular weight excluding hydrogens is 350 g/mol. The van der Waals surface area contributed by atoms with Gasteiger partial charge in [-0.1, -0.05) is 31.0 Å². The van der Waals surface area contributed by atoms with E-state index in [-0.39, 0.29) is 17.6 Å². The Morgan fingerprint density at radius 2 is 1.81 bits per heavy atom. The lowest BCUT2D eigenvalue weighted by Gasteiger charge is -2.34. The van der Waals surface area contributed by atoms with Crippen LogP contribution >= 0.6 is 0 Å². The van der Waals surface area contributed by atoms with Crippen LogP contribution in [0.4, 0.5) is 0 Å². The van der Waals surface area contributed by atoms with Gasteiger partial charge in [-0.15, -0.1) is 0 Å². The van der Waals surface area contributed by atoms with E-state index in [2.05, 4.69) is 5.32 Å². The number of rotatable bonds is 9. The van der Waals surface area contributed by atoms with Crippen LogP contribution in [-0.2, 0) is 19.1 Å². The van der Waals surface area contributed by atoms with Crippen molar-refractivity contribution < 1.29 is 29.0 Å². The number of ether oxygens (including phenoxy) is 2. The summed E-state index contributed by atoms with van der Waals surface area (Å²) in [7, 11) is 0. The van der Waals surface area contributed by atoms with Crippen molar-refractivity contribution in [2.45, 2.75) is 51.4 Å². The number of carboxylic acid groups (broad SMARTS) is 1. The summed E-state index contributed by atoms with van der Waals surface area (Å²) in [6.45, 7) is 3.55. The Morgan fingerprint density at radius 3 is 2.37 bits per heavy atom. The Bertz CT molecular complexity index is 652. The Balaban J connectivity index is 1.72. The molecule has 1 aromatic rings. The lowest BCUT2D eigenvalue weighted by atomic mass is 9.98. The van der Waals surface area contributed by atoms with E-state index >= 15 is 0 Å². The molecule has 27 heavy (non-hydrogen) atoms. The minimum atomic E-state index is -1.56. The topological polar surface area (TPSA) is 102 Å². The van der Waals surface area contributed by atoms with Crippen LogP contribution < -0.4 is 5.32 Å². The van der Waals surface area contributed by atoms with Gasteiger partial charge in [0.1, 0.15) is 0 Å². The molecule has 2 N–H and O–H groups in total. The second-order valence-corrected chi connectivity index (χ2v) is 7.03. The lowest BCUT2D eigenvalue weighted by molar-refractivity contribution is -0.271. The van der Waals surface area contributed by atoms with Crippen LogP contribution in [0.1, 0.15) is 49.9 Å². The first kappa shape index (κ1) is 21.1. The van der Waals surface area contributed by atoms with Crippen molar-refractivity contribution in [3.05, 3.63) is 35.9 Å². The number of amides is 1. The Labute approximate surface area is 159 Å². The summed E-state index contributed by atoms with van der Waals surface area (Å²) >= 11 is 0. The number of nitrogens with one attached hydrogen (secondary N) is 1. The first-order chi connectivity index (χ1) is 12.8. The van der Waals surface area contributed by atoms with Crippen LogP contribution in [0.15, 0.2) is 30.3 Å². The summed E-state index contributed by atoms with van der Waals surface area (Å²) in [5, 5.41) is 11.8. The van der Waals surface area contributed by atoms with Crippen LogP contribution in [0.5, 0.6) is 0 Å². The van der Waals surface area contributed by atoms with Gasteiger partial charge in [0.25, 0.3) is 11.7 Å². The van der Waals surface area contributed by atoms with E-state index in [0.29, 0.717) is 25.2 Å². The normalized spacial score (nSPS) is 23.4. The zero-order chi connectivity index (χ0) is 19.9. The first-order valence-corrected chi connectivity index (χ1v) is 9.19.